The molecule has 1 aliphatic carbocycles. The summed E-state index contributed by atoms with van der Waals surface area (Å²) in [7, 11) is 0. The Kier molecular flexibility index (Phi) is 2.83. The van der Waals surface area contributed by atoms with E-state index < -0.39 is 0 Å². The zero-order valence-corrected chi connectivity index (χ0v) is 9.58. The van der Waals surface area contributed by atoms with Crippen LogP contribution in [0.25, 0.3) is 0 Å². The highest BCUT2D eigenvalue weighted by Gasteiger charge is 2.40. The second-order valence-corrected chi connectivity index (χ2v) is 5.15. The summed E-state index contributed by atoms with van der Waals surface area (Å²) in [5.74, 6) is 1.64. The molecule has 0 bridgehead atoms. The lowest BCUT2D eigenvalue weighted by Crippen LogP contribution is -2.39. The Morgan fingerprint density at radius 3 is 2.73 bits per heavy atom. The van der Waals surface area contributed by atoms with E-state index in [-0.39, 0.29) is 12.0 Å². The van der Waals surface area contributed by atoms with Crippen LogP contribution in [0, 0.1) is 5.92 Å². The van der Waals surface area contributed by atoms with E-state index in [4.69, 9.17) is 0 Å². The highest BCUT2D eigenvalue weighted by Crippen LogP contribution is 2.41. The Bertz CT molecular complexity index is 321. The van der Waals surface area contributed by atoms with Gasteiger partial charge in [0.15, 0.2) is 0 Å². The fourth-order valence-corrected chi connectivity index (χ4v) is 2.25. The van der Waals surface area contributed by atoms with Crippen molar-refractivity contribution in [3.05, 3.63) is 17.7 Å². The first-order chi connectivity index (χ1) is 7.16. The topological polar surface area (TPSA) is 48.9 Å². The van der Waals surface area contributed by atoms with Gasteiger partial charge in [-0.3, -0.25) is 0 Å². The van der Waals surface area contributed by atoms with Crippen molar-refractivity contribution in [1.82, 2.24) is 9.97 Å². The van der Waals surface area contributed by atoms with E-state index in [1.807, 2.05) is 6.20 Å². The number of aromatic amines is 1. The van der Waals surface area contributed by atoms with E-state index in [0.717, 1.165) is 25.1 Å². The lowest BCUT2D eigenvalue weighted by molar-refractivity contribution is 0.113. The van der Waals surface area contributed by atoms with E-state index in [9.17, 15) is 5.11 Å². The van der Waals surface area contributed by atoms with E-state index in [2.05, 4.69) is 23.8 Å². The second kappa shape index (κ2) is 3.97. The molecule has 0 radical (unpaired) electrons. The van der Waals surface area contributed by atoms with Gasteiger partial charge < -0.3 is 10.1 Å². The number of hydrogen-bond acceptors (Lipinski definition) is 2. The van der Waals surface area contributed by atoms with Gasteiger partial charge >= 0.3 is 0 Å². The van der Waals surface area contributed by atoms with Crippen molar-refractivity contribution < 1.29 is 5.11 Å². The minimum atomic E-state index is -0.0464. The number of aliphatic hydroxyl groups excluding tert-OH is 1. The quantitative estimate of drug-likeness (QED) is 0.795. The molecule has 0 amide bonds. The SMILES string of the molecule is CC(C)Cc1cnc(C2(CO)CCC2)[nH]1. The first-order valence-corrected chi connectivity index (χ1v) is 5.81. The molecule has 1 fully saturated rings. The standard InChI is InChI=1S/C12H20N2O/c1-9(2)6-10-7-13-11(14-10)12(8-15)4-3-5-12/h7,9,15H,3-6,8H2,1-2H3,(H,13,14). The molecule has 1 saturated carbocycles. The number of nitrogens with zero attached hydrogens (tertiary/aromatic N) is 1. The molecule has 1 aromatic rings. The Balaban J connectivity index is 2.12. The smallest absolute Gasteiger partial charge is 0.114 e. The van der Waals surface area contributed by atoms with Crippen molar-refractivity contribution in [2.45, 2.75) is 44.9 Å². The summed E-state index contributed by atoms with van der Waals surface area (Å²) < 4.78 is 0. The molecule has 1 heterocycles. The first-order valence-electron chi connectivity index (χ1n) is 5.81. The normalized spacial score (nSPS) is 19.2. The largest absolute Gasteiger partial charge is 0.395 e. The molecule has 1 aromatic heterocycles. The molecule has 0 unspecified atom stereocenters. The first kappa shape index (κ1) is 10.7. The molecule has 2 N–H and O–H groups in total. The van der Waals surface area contributed by atoms with Gasteiger partial charge in [0.25, 0.3) is 0 Å². The number of nitrogens with one attached hydrogen (secondary N) is 1. The number of rotatable bonds is 4. The molecule has 2 rings (SSSR count). The molecule has 3 nitrogen and oxygen atoms in total. The minimum absolute atomic E-state index is 0.0464. The number of aromatic nitrogens is 2. The third-order valence-corrected chi connectivity index (χ3v) is 3.37. The van der Waals surface area contributed by atoms with E-state index in [1.54, 1.807) is 0 Å². The maximum Gasteiger partial charge on any atom is 0.114 e. The summed E-state index contributed by atoms with van der Waals surface area (Å²) in [4.78, 5) is 7.79. The molecule has 1 aliphatic rings. The summed E-state index contributed by atoms with van der Waals surface area (Å²) >= 11 is 0. The Labute approximate surface area is 90.9 Å². The summed E-state index contributed by atoms with van der Waals surface area (Å²) in [6, 6.07) is 0. The number of imidazole rings is 1. The highest BCUT2D eigenvalue weighted by molar-refractivity contribution is 5.16. The van der Waals surface area contributed by atoms with Crippen LogP contribution in [0.5, 0.6) is 0 Å². The Morgan fingerprint density at radius 1 is 1.53 bits per heavy atom. The zero-order valence-electron chi connectivity index (χ0n) is 9.58. The zero-order chi connectivity index (χ0) is 10.9. The molecule has 0 atom stereocenters. The van der Waals surface area contributed by atoms with Crippen molar-refractivity contribution in [2.24, 2.45) is 5.92 Å². The monoisotopic (exact) mass is 208 g/mol. The van der Waals surface area contributed by atoms with Crippen LogP contribution in [0.4, 0.5) is 0 Å². The van der Waals surface area contributed by atoms with Crippen molar-refractivity contribution in [2.75, 3.05) is 6.61 Å². The molecule has 0 aromatic carbocycles. The molecule has 3 heteroatoms. The summed E-state index contributed by atoms with van der Waals surface area (Å²) in [6.45, 7) is 4.62. The van der Waals surface area contributed by atoms with Gasteiger partial charge in [0.2, 0.25) is 0 Å². The van der Waals surface area contributed by atoms with E-state index in [0.29, 0.717) is 5.92 Å². The Morgan fingerprint density at radius 2 is 2.27 bits per heavy atom. The average Bonchev–Trinajstić information content (AvgIpc) is 2.51. The molecule has 0 saturated heterocycles. The van der Waals surface area contributed by atoms with Gasteiger partial charge in [0.1, 0.15) is 5.82 Å². The van der Waals surface area contributed by atoms with Crippen molar-refractivity contribution in [3.63, 3.8) is 0 Å². The van der Waals surface area contributed by atoms with Crippen LogP contribution >= 0.6 is 0 Å². The fourth-order valence-electron chi connectivity index (χ4n) is 2.25. The van der Waals surface area contributed by atoms with Crippen LogP contribution in [-0.4, -0.2) is 21.7 Å². The average molecular weight is 208 g/mol. The summed E-state index contributed by atoms with van der Waals surface area (Å²) in [5, 5.41) is 9.42. The predicted molar refractivity (Wildman–Crippen MR) is 59.7 cm³/mol. The molecule has 0 spiro atoms. The van der Waals surface area contributed by atoms with Crippen LogP contribution in [0.15, 0.2) is 6.20 Å². The van der Waals surface area contributed by atoms with Crippen LogP contribution in [0.2, 0.25) is 0 Å². The third kappa shape index (κ3) is 1.93. The van der Waals surface area contributed by atoms with Gasteiger partial charge in [-0.1, -0.05) is 20.3 Å². The molecule has 84 valence electrons. The van der Waals surface area contributed by atoms with Gasteiger partial charge in [0.05, 0.1) is 12.0 Å². The maximum absolute atomic E-state index is 9.42. The van der Waals surface area contributed by atoms with Crippen LogP contribution in [0.3, 0.4) is 0 Å². The van der Waals surface area contributed by atoms with Crippen LogP contribution in [-0.2, 0) is 11.8 Å². The molecule has 15 heavy (non-hydrogen) atoms. The van der Waals surface area contributed by atoms with Crippen LogP contribution < -0.4 is 0 Å². The van der Waals surface area contributed by atoms with E-state index in [1.165, 1.54) is 12.1 Å². The molecular formula is C12H20N2O. The summed E-state index contributed by atoms with van der Waals surface area (Å²) in [5.41, 5.74) is 1.15. The fraction of sp³-hybridized carbons (Fsp3) is 0.750. The van der Waals surface area contributed by atoms with Gasteiger partial charge in [-0.25, -0.2) is 4.98 Å². The Hall–Kier alpha value is -0.830. The third-order valence-electron chi connectivity index (χ3n) is 3.37. The van der Waals surface area contributed by atoms with Gasteiger partial charge in [0, 0.05) is 11.9 Å². The van der Waals surface area contributed by atoms with Gasteiger partial charge in [-0.15, -0.1) is 0 Å². The number of aliphatic hydroxyl groups is 1. The van der Waals surface area contributed by atoms with Gasteiger partial charge in [-0.05, 0) is 25.2 Å². The lowest BCUT2D eigenvalue weighted by Gasteiger charge is -2.38. The van der Waals surface area contributed by atoms with Crippen LogP contribution in [0.1, 0.15) is 44.6 Å². The lowest BCUT2D eigenvalue weighted by atomic mass is 9.69. The van der Waals surface area contributed by atoms with Crippen molar-refractivity contribution in [1.29, 1.82) is 0 Å². The number of H-pyrrole nitrogens is 1. The van der Waals surface area contributed by atoms with Gasteiger partial charge in [-0.2, -0.15) is 0 Å². The molecular weight excluding hydrogens is 188 g/mol. The van der Waals surface area contributed by atoms with Crippen molar-refractivity contribution >= 4 is 0 Å². The molecule has 0 aliphatic heterocycles. The number of hydrogen-bond donors (Lipinski definition) is 2. The maximum atomic E-state index is 9.42. The summed E-state index contributed by atoms with van der Waals surface area (Å²) in [6.07, 6.45) is 6.30. The highest BCUT2D eigenvalue weighted by atomic mass is 16.3. The second-order valence-electron chi connectivity index (χ2n) is 5.15. The van der Waals surface area contributed by atoms with E-state index >= 15 is 0 Å². The minimum Gasteiger partial charge on any atom is -0.395 e. The van der Waals surface area contributed by atoms with Crippen molar-refractivity contribution in [3.8, 4) is 0 Å². The predicted octanol–water partition coefficient (Wildman–Crippen LogP) is 2.02.